The van der Waals surface area contributed by atoms with Crippen LogP contribution in [0.15, 0.2) is 0 Å². The highest BCUT2D eigenvalue weighted by Crippen LogP contribution is 2.11. The van der Waals surface area contributed by atoms with Crippen LogP contribution in [0.4, 0.5) is 0 Å². The van der Waals surface area contributed by atoms with Gasteiger partial charge in [-0.05, 0) is 20.3 Å². The molecule has 0 aromatic rings. The Hall–Kier alpha value is -0.680. The first kappa shape index (κ1) is 15.3. The highest BCUT2D eigenvalue weighted by atomic mass is 32.1. The summed E-state index contributed by atoms with van der Waals surface area (Å²) in [5.41, 5.74) is 5.57. The summed E-state index contributed by atoms with van der Waals surface area (Å²) >= 11 is 4.91. The monoisotopic (exact) mass is 246 g/mol. The molecular weight excluding hydrogens is 224 g/mol. The van der Waals surface area contributed by atoms with E-state index in [1.807, 2.05) is 20.8 Å². The van der Waals surface area contributed by atoms with Gasteiger partial charge in [0, 0.05) is 19.7 Å². The minimum Gasteiger partial charge on any atom is -0.393 e. The molecule has 2 N–H and O–H groups in total. The van der Waals surface area contributed by atoms with Crippen LogP contribution in [-0.2, 0) is 9.53 Å². The van der Waals surface area contributed by atoms with Crippen LogP contribution in [-0.4, -0.2) is 42.1 Å². The molecule has 94 valence electrons. The zero-order valence-corrected chi connectivity index (χ0v) is 11.3. The summed E-state index contributed by atoms with van der Waals surface area (Å²) in [6.07, 6.45) is 0.643. The van der Waals surface area contributed by atoms with E-state index in [1.165, 1.54) is 0 Å². The van der Waals surface area contributed by atoms with E-state index in [0.717, 1.165) is 0 Å². The molecule has 0 aromatic carbocycles. The summed E-state index contributed by atoms with van der Waals surface area (Å²) in [5, 5.41) is 0. The largest absolute Gasteiger partial charge is 0.393 e. The van der Waals surface area contributed by atoms with E-state index in [-0.39, 0.29) is 22.9 Å². The van der Waals surface area contributed by atoms with Gasteiger partial charge in [-0.25, -0.2) is 0 Å². The van der Waals surface area contributed by atoms with Crippen LogP contribution in [0, 0.1) is 5.92 Å². The molecule has 0 radical (unpaired) electrons. The molecule has 16 heavy (non-hydrogen) atoms. The fourth-order valence-electron chi connectivity index (χ4n) is 1.51. The van der Waals surface area contributed by atoms with Gasteiger partial charge in [-0.3, -0.25) is 4.79 Å². The SMILES string of the molecule is CCC(C(=O)N(CCOC)C(C)C)C(N)=S. The standard InChI is InChI=1S/C11H22N2O2S/c1-5-9(10(12)16)11(14)13(8(2)3)6-7-15-4/h8-9H,5-7H2,1-4H3,(H2,12,16). The first-order valence-electron chi connectivity index (χ1n) is 5.54. The van der Waals surface area contributed by atoms with E-state index < -0.39 is 0 Å². The van der Waals surface area contributed by atoms with Gasteiger partial charge in [-0.15, -0.1) is 0 Å². The third kappa shape index (κ3) is 4.45. The minimum atomic E-state index is -0.353. The lowest BCUT2D eigenvalue weighted by molar-refractivity contribution is -0.135. The van der Waals surface area contributed by atoms with Crippen molar-refractivity contribution in [3.05, 3.63) is 0 Å². The van der Waals surface area contributed by atoms with Crippen LogP contribution in [0.2, 0.25) is 0 Å². The molecule has 0 aromatic heterocycles. The molecule has 0 spiro atoms. The van der Waals surface area contributed by atoms with Gasteiger partial charge in [0.25, 0.3) is 0 Å². The number of rotatable bonds is 7. The van der Waals surface area contributed by atoms with Crippen LogP contribution < -0.4 is 5.73 Å². The lowest BCUT2D eigenvalue weighted by Crippen LogP contribution is -2.45. The Kier molecular flexibility index (Phi) is 7.25. The van der Waals surface area contributed by atoms with Gasteiger partial charge in [0.1, 0.15) is 0 Å². The summed E-state index contributed by atoms with van der Waals surface area (Å²) in [7, 11) is 1.62. The Labute approximate surface area is 103 Å². The number of nitrogens with two attached hydrogens (primary N) is 1. The van der Waals surface area contributed by atoms with E-state index in [2.05, 4.69) is 0 Å². The molecule has 0 aliphatic carbocycles. The molecule has 5 heteroatoms. The summed E-state index contributed by atoms with van der Waals surface area (Å²) in [4.78, 5) is 14.2. The summed E-state index contributed by atoms with van der Waals surface area (Å²) < 4.78 is 4.99. The first-order chi connectivity index (χ1) is 7.45. The van der Waals surface area contributed by atoms with Crippen molar-refractivity contribution < 1.29 is 9.53 Å². The van der Waals surface area contributed by atoms with Crippen molar-refractivity contribution in [2.45, 2.75) is 33.2 Å². The van der Waals surface area contributed by atoms with Gasteiger partial charge in [-0.1, -0.05) is 19.1 Å². The zero-order chi connectivity index (χ0) is 12.7. The van der Waals surface area contributed by atoms with Gasteiger partial charge >= 0.3 is 0 Å². The number of hydrogen-bond donors (Lipinski definition) is 1. The smallest absolute Gasteiger partial charge is 0.232 e. The molecule has 0 aliphatic rings. The normalized spacial score (nSPS) is 12.6. The van der Waals surface area contributed by atoms with E-state index in [1.54, 1.807) is 12.0 Å². The second-order valence-corrected chi connectivity index (χ2v) is 4.45. The summed E-state index contributed by atoms with van der Waals surface area (Å²) in [5.74, 6) is -0.351. The van der Waals surface area contributed by atoms with Crippen LogP contribution in [0.25, 0.3) is 0 Å². The molecule has 0 heterocycles. The van der Waals surface area contributed by atoms with Crippen molar-refractivity contribution in [1.82, 2.24) is 4.90 Å². The van der Waals surface area contributed by atoms with E-state index >= 15 is 0 Å². The maximum atomic E-state index is 12.2. The van der Waals surface area contributed by atoms with Crippen LogP contribution in [0.1, 0.15) is 27.2 Å². The Morgan fingerprint density at radius 2 is 2.06 bits per heavy atom. The quantitative estimate of drug-likeness (QED) is 0.685. The number of ether oxygens (including phenoxy) is 1. The Balaban J connectivity index is 4.64. The van der Waals surface area contributed by atoms with Gasteiger partial charge in [-0.2, -0.15) is 0 Å². The van der Waals surface area contributed by atoms with Crippen molar-refractivity contribution in [2.75, 3.05) is 20.3 Å². The minimum absolute atomic E-state index is 0.00190. The third-order valence-corrected chi connectivity index (χ3v) is 2.78. The fourth-order valence-corrected chi connectivity index (χ4v) is 1.78. The lowest BCUT2D eigenvalue weighted by atomic mass is 10.0. The molecule has 1 amide bonds. The Morgan fingerprint density at radius 3 is 2.38 bits per heavy atom. The van der Waals surface area contributed by atoms with Crippen LogP contribution in [0.3, 0.4) is 0 Å². The average molecular weight is 246 g/mol. The second-order valence-electron chi connectivity index (χ2n) is 3.98. The molecule has 0 saturated heterocycles. The first-order valence-corrected chi connectivity index (χ1v) is 5.95. The van der Waals surface area contributed by atoms with Crippen molar-refractivity contribution in [2.24, 2.45) is 11.7 Å². The Bertz CT molecular complexity index is 244. The molecule has 0 rings (SSSR count). The van der Waals surface area contributed by atoms with Crippen molar-refractivity contribution >= 4 is 23.1 Å². The molecular formula is C11H22N2O2S. The van der Waals surface area contributed by atoms with Gasteiger partial charge in [0.2, 0.25) is 5.91 Å². The summed E-state index contributed by atoms with van der Waals surface area (Å²) in [6.45, 7) is 6.96. The number of thiocarbonyl (C=S) groups is 1. The number of hydrogen-bond acceptors (Lipinski definition) is 3. The van der Waals surface area contributed by atoms with Crippen LogP contribution in [0.5, 0.6) is 0 Å². The number of carbonyl (C=O) groups is 1. The fraction of sp³-hybridized carbons (Fsp3) is 0.818. The molecule has 0 aliphatic heterocycles. The van der Waals surface area contributed by atoms with Gasteiger partial charge in [0.05, 0.1) is 17.5 Å². The zero-order valence-electron chi connectivity index (χ0n) is 10.5. The van der Waals surface area contributed by atoms with E-state index in [0.29, 0.717) is 19.6 Å². The maximum Gasteiger partial charge on any atom is 0.232 e. The number of carbonyl (C=O) groups excluding carboxylic acids is 1. The van der Waals surface area contributed by atoms with Crippen molar-refractivity contribution in [3.8, 4) is 0 Å². The number of methoxy groups -OCH3 is 1. The highest BCUT2D eigenvalue weighted by molar-refractivity contribution is 7.80. The van der Waals surface area contributed by atoms with E-state index in [4.69, 9.17) is 22.7 Å². The molecule has 1 atom stereocenters. The molecule has 1 unspecified atom stereocenters. The molecule has 0 saturated carbocycles. The van der Waals surface area contributed by atoms with Crippen molar-refractivity contribution in [1.29, 1.82) is 0 Å². The third-order valence-electron chi connectivity index (χ3n) is 2.49. The number of nitrogens with zero attached hydrogens (tertiary/aromatic N) is 1. The van der Waals surface area contributed by atoms with Crippen molar-refractivity contribution in [3.63, 3.8) is 0 Å². The molecule has 0 bridgehead atoms. The Morgan fingerprint density at radius 1 is 1.50 bits per heavy atom. The second kappa shape index (κ2) is 7.57. The molecule has 0 fully saturated rings. The maximum absolute atomic E-state index is 12.2. The lowest BCUT2D eigenvalue weighted by Gasteiger charge is -2.29. The highest BCUT2D eigenvalue weighted by Gasteiger charge is 2.26. The molecule has 4 nitrogen and oxygen atoms in total. The predicted molar refractivity (Wildman–Crippen MR) is 69.3 cm³/mol. The van der Waals surface area contributed by atoms with E-state index in [9.17, 15) is 4.79 Å². The predicted octanol–water partition coefficient (Wildman–Crippen LogP) is 1.18. The average Bonchev–Trinajstić information content (AvgIpc) is 2.18. The topological polar surface area (TPSA) is 55.6 Å². The van der Waals surface area contributed by atoms with Gasteiger partial charge in [0.15, 0.2) is 0 Å². The van der Waals surface area contributed by atoms with Gasteiger partial charge < -0.3 is 15.4 Å². The van der Waals surface area contributed by atoms with Crippen LogP contribution >= 0.6 is 12.2 Å². The summed E-state index contributed by atoms with van der Waals surface area (Å²) in [6, 6.07) is 0.131. The number of amides is 1.